The number of benzene rings is 1. The average Bonchev–Trinajstić information content (AvgIpc) is 2.78. The molecule has 5 nitrogen and oxygen atoms in total. The summed E-state index contributed by atoms with van der Waals surface area (Å²) in [5.41, 5.74) is 2.05. The molecule has 19 heavy (non-hydrogen) atoms. The van der Waals surface area contributed by atoms with Gasteiger partial charge in [-0.3, -0.25) is 9.67 Å². The van der Waals surface area contributed by atoms with Gasteiger partial charge in [0.1, 0.15) is 5.75 Å². The fourth-order valence-corrected chi connectivity index (χ4v) is 2.11. The first kappa shape index (κ1) is 13.8. The Morgan fingerprint density at radius 2 is 2.16 bits per heavy atom. The molecule has 0 aliphatic heterocycles. The Hall–Kier alpha value is -1.66. The number of methoxy groups -OCH3 is 2. The average molecular weight is 279 g/mol. The molecule has 0 spiro atoms. The van der Waals surface area contributed by atoms with Crippen molar-refractivity contribution in [3.05, 3.63) is 28.5 Å². The van der Waals surface area contributed by atoms with Gasteiger partial charge in [0.15, 0.2) is 10.6 Å². The molecule has 0 amide bonds. The van der Waals surface area contributed by atoms with Crippen molar-refractivity contribution < 1.29 is 9.47 Å². The van der Waals surface area contributed by atoms with Crippen LogP contribution in [0.25, 0.3) is 11.4 Å². The highest BCUT2D eigenvalue weighted by atomic mass is 32.1. The van der Waals surface area contributed by atoms with E-state index in [0.29, 0.717) is 17.9 Å². The predicted molar refractivity (Wildman–Crippen MR) is 76.0 cm³/mol. The molecule has 2 aromatic rings. The first-order chi connectivity index (χ1) is 9.17. The van der Waals surface area contributed by atoms with Gasteiger partial charge in [-0.05, 0) is 30.8 Å². The van der Waals surface area contributed by atoms with Gasteiger partial charge in [0.05, 0.1) is 20.3 Å². The topological polar surface area (TPSA) is 52.1 Å². The SMILES string of the molecule is COCCn1c(-c2ccc(C)c(OC)c2)n[nH]c1=S. The van der Waals surface area contributed by atoms with Gasteiger partial charge in [-0.15, -0.1) is 0 Å². The van der Waals surface area contributed by atoms with Crippen molar-refractivity contribution in [3.63, 3.8) is 0 Å². The third-order valence-corrected chi connectivity index (χ3v) is 3.26. The Morgan fingerprint density at radius 1 is 1.37 bits per heavy atom. The summed E-state index contributed by atoms with van der Waals surface area (Å²) >= 11 is 5.23. The van der Waals surface area contributed by atoms with E-state index in [4.69, 9.17) is 21.7 Å². The lowest BCUT2D eigenvalue weighted by molar-refractivity contribution is 0.187. The van der Waals surface area contributed by atoms with E-state index in [1.165, 1.54) is 0 Å². The maximum atomic E-state index is 5.34. The molecule has 0 saturated heterocycles. The maximum absolute atomic E-state index is 5.34. The van der Waals surface area contributed by atoms with Crippen LogP contribution in [-0.2, 0) is 11.3 Å². The molecule has 0 radical (unpaired) electrons. The van der Waals surface area contributed by atoms with Crippen LogP contribution in [0.15, 0.2) is 18.2 Å². The van der Waals surface area contributed by atoms with Crippen LogP contribution in [0, 0.1) is 11.7 Å². The number of H-pyrrole nitrogens is 1. The van der Waals surface area contributed by atoms with E-state index < -0.39 is 0 Å². The van der Waals surface area contributed by atoms with Crippen molar-refractivity contribution in [2.45, 2.75) is 13.5 Å². The Morgan fingerprint density at radius 3 is 2.84 bits per heavy atom. The first-order valence-corrected chi connectivity index (χ1v) is 6.37. The molecular formula is C13H17N3O2S. The fraction of sp³-hybridized carbons (Fsp3) is 0.385. The van der Waals surface area contributed by atoms with Crippen molar-refractivity contribution >= 4 is 12.2 Å². The Balaban J connectivity index is 2.44. The summed E-state index contributed by atoms with van der Waals surface area (Å²) in [4.78, 5) is 0. The fourth-order valence-electron chi connectivity index (χ4n) is 1.89. The monoisotopic (exact) mass is 279 g/mol. The van der Waals surface area contributed by atoms with Crippen molar-refractivity contribution in [3.8, 4) is 17.1 Å². The summed E-state index contributed by atoms with van der Waals surface area (Å²) in [6.45, 7) is 3.26. The van der Waals surface area contributed by atoms with E-state index in [2.05, 4.69) is 10.2 Å². The number of aromatic amines is 1. The largest absolute Gasteiger partial charge is 0.496 e. The summed E-state index contributed by atoms with van der Waals surface area (Å²) in [7, 11) is 3.33. The number of hydrogen-bond donors (Lipinski definition) is 1. The molecule has 0 aliphatic rings. The zero-order valence-electron chi connectivity index (χ0n) is 11.3. The zero-order chi connectivity index (χ0) is 13.8. The molecule has 6 heteroatoms. The van der Waals surface area contributed by atoms with E-state index >= 15 is 0 Å². The molecule has 0 fully saturated rings. The van der Waals surface area contributed by atoms with Gasteiger partial charge in [0.25, 0.3) is 0 Å². The van der Waals surface area contributed by atoms with E-state index in [-0.39, 0.29) is 0 Å². The van der Waals surface area contributed by atoms with Gasteiger partial charge in [-0.1, -0.05) is 12.1 Å². The standard InChI is InChI=1S/C13H17N3O2S/c1-9-4-5-10(8-11(9)18-3)12-14-15-13(19)16(12)6-7-17-2/h4-5,8H,6-7H2,1-3H3,(H,15,19). The number of hydrogen-bond acceptors (Lipinski definition) is 4. The highest BCUT2D eigenvalue weighted by Gasteiger charge is 2.10. The van der Waals surface area contributed by atoms with Crippen molar-refractivity contribution in [1.29, 1.82) is 0 Å². The highest BCUT2D eigenvalue weighted by Crippen LogP contribution is 2.25. The van der Waals surface area contributed by atoms with E-state index in [1.807, 2.05) is 29.7 Å². The third kappa shape index (κ3) is 2.85. The number of ether oxygens (including phenoxy) is 2. The Labute approximate surface area is 117 Å². The number of nitrogens with one attached hydrogen (secondary N) is 1. The molecule has 2 rings (SSSR count). The van der Waals surface area contributed by atoms with Crippen LogP contribution in [0.5, 0.6) is 5.75 Å². The number of nitrogens with zero attached hydrogens (tertiary/aromatic N) is 2. The molecule has 1 heterocycles. The molecule has 1 aromatic heterocycles. The normalized spacial score (nSPS) is 10.7. The smallest absolute Gasteiger partial charge is 0.195 e. The van der Waals surface area contributed by atoms with Crippen LogP contribution in [-0.4, -0.2) is 35.6 Å². The lowest BCUT2D eigenvalue weighted by Gasteiger charge is -2.09. The van der Waals surface area contributed by atoms with Crippen molar-refractivity contribution in [1.82, 2.24) is 14.8 Å². The molecular weight excluding hydrogens is 262 g/mol. The molecule has 102 valence electrons. The number of aromatic nitrogens is 3. The number of rotatable bonds is 5. The lowest BCUT2D eigenvalue weighted by atomic mass is 10.1. The molecule has 0 saturated carbocycles. The molecule has 0 aliphatic carbocycles. The van der Waals surface area contributed by atoms with Gasteiger partial charge < -0.3 is 9.47 Å². The highest BCUT2D eigenvalue weighted by molar-refractivity contribution is 7.71. The quantitative estimate of drug-likeness (QED) is 0.855. The summed E-state index contributed by atoms with van der Waals surface area (Å²) in [6.07, 6.45) is 0. The third-order valence-electron chi connectivity index (χ3n) is 2.94. The van der Waals surface area contributed by atoms with Crippen LogP contribution in [0.2, 0.25) is 0 Å². The van der Waals surface area contributed by atoms with E-state index in [9.17, 15) is 0 Å². The second-order valence-corrected chi connectivity index (χ2v) is 4.57. The molecule has 0 unspecified atom stereocenters. The molecule has 0 bridgehead atoms. The Bertz CT molecular complexity index is 619. The Kier molecular flexibility index (Phi) is 4.34. The summed E-state index contributed by atoms with van der Waals surface area (Å²) in [6, 6.07) is 5.97. The van der Waals surface area contributed by atoms with Crippen LogP contribution in [0.3, 0.4) is 0 Å². The van der Waals surface area contributed by atoms with Gasteiger partial charge in [-0.2, -0.15) is 5.10 Å². The minimum Gasteiger partial charge on any atom is -0.496 e. The van der Waals surface area contributed by atoms with Crippen molar-refractivity contribution in [2.24, 2.45) is 0 Å². The van der Waals surface area contributed by atoms with Gasteiger partial charge in [0, 0.05) is 12.7 Å². The van der Waals surface area contributed by atoms with Crippen molar-refractivity contribution in [2.75, 3.05) is 20.8 Å². The summed E-state index contributed by atoms with van der Waals surface area (Å²) < 4.78 is 12.9. The predicted octanol–water partition coefficient (Wildman–Crippen LogP) is 2.57. The second kappa shape index (κ2) is 5.99. The summed E-state index contributed by atoms with van der Waals surface area (Å²) in [5, 5.41) is 7.09. The van der Waals surface area contributed by atoms with Gasteiger partial charge in [0.2, 0.25) is 0 Å². The van der Waals surface area contributed by atoms with E-state index in [1.54, 1.807) is 14.2 Å². The lowest BCUT2D eigenvalue weighted by Crippen LogP contribution is -2.06. The van der Waals surface area contributed by atoms with Gasteiger partial charge >= 0.3 is 0 Å². The van der Waals surface area contributed by atoms with Crippen LogP contribution in [0.1, 0.15) is 5.56 Å². The second-order valence-electron chi connectivity index (χ2n) is 4.18. The first-order valence-electron chi connectivity index (χ1n) is 5.96. The molecule has 1 aromatic carbocycles. The molecule has 1 N–H and O–H groups in total. The van der Waals surface area contributed by atoms with Crippen LogP contribution < -0.4 is 4.74 Å². The van der Waals surface area contributed by atoms with Gasteiger partial charge in [-0.25, -0.2) is 0 Å². The van der Waals surface area contributed by atoms with E-state index in [0.717, 1.165) is 22.7 Å². The summed E-state index contributed by atoms with van der Waals surface area (Å²) in [5.74, 6) is 1.63. The molecule has 0 atom stereocenters. The number of aryl methyl sites for hydroxylation is 1. The van der Waals surface area contributed by atoms with Crippen LogP contribution in [0.4, 0.5) is 0 Å². The maximum Gasteiger partial charge on any atom is 0.195 e. The zero-order valence-corrected chi connectivity index (χ0v) is 12.1. The minimum absolute atomic E-state index is 0.587. The van der Waals surface area contributed by atoms with Crippen LogP contribution >= 0.6 is 12.2 Å². The minimum atomic E-state index is 0.587.